The van der Waals surface area contributed by atoms with E-state index in [0.29, 0.717) is 0 Å². The number of imidazole rings is 1. The number of fused-ring (bicyclic) bond motifs is 1. The molecule has 1 heterocycles. The van der Waals surface area contributed by atoms with E-state index in [9.17, 15) is 0 Å². The lowest BCUT2D eigenvalue weighted by molar-refractivity contribution is 0.416. The predicted molar refractivity (Wildman–Crippen MR) is 93.5 cm³/mol. The summed E-state index contributed by atoms with van der Waals surface area (Å²) < 4.78 is 5.58. The molecule has 0 amide bonds. The Bertz CT molecular complexity index is 953. The minimum Gasteiger partial charge on any atom is -0.496 e. The van der Waals surface area contributed by atoms with Crippen molar-refractivity contribution in [2.24, 2.45) is 0 Å². The minimum atomic E-state index is 0.811. The van der Waals surface area contributed by atoms with Gasteiger partial charge >= 0.3 is 0 Å². The summed E-state index contributed by atoms with van der Waals surface area (Å²) in [6.45, 7) is 0. The number of hydrogen-bond acceptors (Lipinski definition) is 2. The number of nitrogens with one attached hydrogen (secondary N) is 1. The van der Waals surface area contributed by atoms with E-state index in [1.54, 1.807) is 13.3 Å². The lowest BCUT2D eigenvalue weighted by Gasteiger charge is -2.14. The van der Waals surface area contributed by atoms with E-state index in [2.05, 4.69) is 58.5 Å². The van der Waals surface area contributed by atoms with Gasteiger partial charge in [-0.05, 0) is 28.0 Å². The number of benzene rings is 3. The van der Waals surface area contributed by atoms with E-state index < -0.39 is 0 Å². The molecule has 0 atom stereocenters. The average molecular weight is 300 g/mol. The third-order valence-corrected chi connectivity index (χ3v) is 4.06. The molecule has 1 N–H and O–H groups in total. The van der Waals surface area contributed by atoms with Crippen molar-refractivity contribution in [3.63, 3.8) is 0 Å². The summed E-state index contributed by atoms with van der Waals surface area (Å²) in [7, 11) is 1.69. The molecule has 4 rings (SSSR count). The summed E-state index contributed by atoms with van der Waals surface area (Å²) >= 11 is 0. The quantitative estimate of drug-likeness (QED) is 0.584. The van der Waals surface area contributed by atoms with Crippen LogP contribution in [0.25, 0.3) is 33.3 Å². The van der Waals surface area contributed by atoms with Crippen LogP contribution in [0, 0.1) is 0 Å². The summed E-state index contributed by atoms with van der Waals surface area (Å²) in [6, 6.07) is 20.9. The lowest BCUT2D eigenvalue weighted by atomic mass is 9.94. The summed E-state index contributed by atoms with van der Waals surface area (Å²) in [4.78, 5) is 7.62. The number of aromatic amines is 1. The molecule has 0 fully saturated rings. The monoisotopic (exact) mass is 300 g/mol. The fourth-order valence-corrected chi connectivity index (χ4v) is 3.03. The van der Waals surface area contributed by atoms with Gasteiger partial charge < -0.3 is 9.72 Å². The number of methoxy groups -OCH3 is 1. The second kappa shape index (κ2) is 5.61. The summed E-state index contributed by atoms with van der Waals surface area (Å²) in [5.74, 6) is 1.62. The van der Waals surface area contributed by atoms with Crippen LogP contribution in [-0.2, 0) is 0 Å². The predicted octanol–water partition coefficient (Wildman–Crippen LogP) is 4.91. The Morgan fingerprint density at radius 2 is 1.65 bits per heavy atom. The van der Waals surface area contributed by atoms with E-state index in [-0.39, 0.29) is 0 Å². The van der Waals surface area contributed by atoms with E-state index in [1.165, 1.54) is 16.3 Å². The van der Waals surface area contributed by atoms with Crippen LogP contribution in [0.3, 0.4) is 0 Å². The van der Waals surface area contributed by atoms with Gasteiger partial charge in [0.2, 0.25) is 0 Å². The van der Waals surface area contributed by atoms with Gasteiger partial charge in [-0.2, -0.15) is 0 Å². The maximum absolute atomic E-state index is 5.58. The van der Waals surface area contributed by atoms with Crippen LogP contribution in [-0.4, -0.2) is 17.1 Å². The van der Waals surface area contributed by atoms with E-state index in [1.807, 2.05) is 18.3 Å². The molecule has 0 bridgehead atoms. The minimum absolute atomic E-state index is 0.811. The zero-order valence-corrected chi connectivity index (χ0v) is 12.8. The molecule has 3 heteroatoms. The Labute approximate surface area is 134 Å². The SMILES string of the molecule is COc1cccc(-c2cccc3ccccc23)c1-c1ncc[nH]1. The molecule has 1 aromatic heterocycles. The highest BCUT2D eigenvalue weighted by atomic mass is 16.5. The van der Waals surface area contributed by atoms with Crippen molar-refractivity contribution in [3.05, 3.63) is 73.1 Å². The second-order valence-corrected chi connectivity index (χ2v) is 5.35. The van der Waals surface area contributed by atoms with Crippen LogP contribution < -0.4 is 4.74 Å². The van der Waals surface area contributed by atoms with Crippen molar-refractivity contribution in [1.29, 1.82) is 0 Å². The van der Waals surface area contributed by atoms with Crippen LogP contribution in [0.1, 0.15) is 0 Å². The Morgan fingerprint density at radius 3 is 2.48 bits per heavy atom. The molecule has 0 spiro atoms. The normalized spacial score (nSPS) is 10.8. The number of H-pyrrole nitrogens is 1. The molecule has 0 aliphatic heterocycles. The fraction of sp³-hybridized carbons (Fsp3) is 0.0500. The second-order valence-electron chi connectivity index (χ2n) is 5.35. The van der Waals surface area contributed by atoms with Gasteiger partial charge in [-0.25, -0.2) is 4.98 Å². The number of ether oxygens (including phenoxy) is 1. The molecule has 0 unspecified atom stereocenters. The van der Waals surface area contributed by atoms with Crippen molar-refractivity contribution in [2.75, 3.05) is 7.11 Å². The third kappa shape index (κ3) is 2.27. The summed E-state index contributed by atoms with van der Waals surface area (Å²) in [6.07, 6.45) is 3.59. The zero-order chi connectivity index (χ0) is 15.6. The maximum atomic E-state index is 5.58. The molecule has 0 radical (unpaired) electrons. The van der Waals surface area contributed by atoms with Gasteiger partial charge in [-0.3, -0.25) is 0 Å². The van der Waals surface area contributed by atoms with Crippen LogP contribution in [0.4, 0.5) is 0 Å². The highest BCUT2D eigenvalue weighted by Crippen LogP contribution is 2.40. The van der Waals surface area contributed by atoms with Crippen molar-refractivity contribution in [3.8, 4) is 28.3 Å². The fourth-order valence-electron chi connectivity index (χ4n) is 3.03. The van der Waals surface area contributed by atoms with Crippen LogP contribution in [0.2, 0.25) is 0 Å². The van der Waals surface area contributed by atoms with Gasteiger partial charge in [0.15, 0.2) is 0 Å². The molecular formula is C20H16N2O. The highest BCUT2D eigenvalue weighted by molar-refractivity contribution is 6.00. The van der Waals surface area contributed by atoms with Gasteiger partial charge in [0.05, 0.1) is 12.7 Å². The molecule has 112 valence electrons. The smallest absolute Gasteiger partial charge is 0.141 e. The standard InChI is InChI=1S/C20H16N2O/c1-23-18-11-5-10-17(19(18)20-21-12-13-22-20)16-9-4-7-14-6-2-3-8-15(14)16/h2-13H,1H3,(H,21,22). The van der Waals surface area contributed by atoms with Crippen molar-refractivity contribution >= 4 is 10.8 Å². The molecule has 0 saturated heterocycles. The lowest BCUT2D eigenvalue weighted by Crippen LogP contribution is -1.93. The number of hydrogen-bond donors (Lipinski definition) is 1. The molecule has 0 aliphatic carbocycles. The summed E-state index contributed by atoms with van der Waals surface area (Å²) in [5.41, 5.74) is 3.26. The Kier molecular flexibility index (Phi) is 3.31. The van der Waals surface area contributed by atoms with Gasteiger partial charge in [0, 0.05) is 12.4 Å². The molecular weight excluding hydrogens is 284 g/mol. The highest BCUT2D eigenvalue weighted by Gasteiger charge is 2.16. The van der Waals surface area contributed by atoms with E-state index in [4.69, 9.17) is 4.74 Å². The van der Waals surface area contributed by atoms with Gasteiger partial charge in [0.25, 0.3) is 0 Å². The van der Waals surface area contributed by atoms with E-state index >= 15 is 0 Å². The molecule has 4 aromatic rings. The van der Waals surface area contributed by atoms with Crippen LogP contribution >= 0.6 is 0 Å². The topological polar surface area (TPSA) is 37.9 Å². The third-order valence-electron chi connectivity index (χ3n) is 4.06. The van der Waals surface area contributed by atoms with Crippen molar-refractivity contribution in [1.82, 2.24) is 9.97 Å². The molecule has 3 aromatic carbocycles. The first-order valence-corrected chi connectivity index (χ1v) is 7.53. The number of nitrogens with zero attached hydrogens (tertiary/aromatic N) is 1. The first kappa shape index (κ1) is 13.6. The van der Waals surface area contributed by atoms with Gasteiger partial charge in [-0.1, -0.05) is 54.6 Å². The molecule has 0 saturated carbocycles. The molecule has 3 nitrogen and oxygen atoms in total. The first-order chi connectivity index (χ1) is 11.4. The summed E-state index contributed by atoms with van der Waals surface area (Å²) in [5, 5.41) is 2.44. The van der Waals surface area contributed by atoms with Crippen molar-refractivity contribution in [2.45, 2.75) is 0 Å². The Morgan fingerprint density at radius 1 is 0.870 bits per heavy atom. The number of rotatable bonds is 3. The number of aromatic nitrogens is 2. The largest absolute Gasteiger partial charge is 0.496 e. The van der Waals surface area contributed by atoms with Gasteiger partial charge in [0.1, 0.15) is 11.6 Å². The molecule has 0 aliphatic rings. The Hall–Kier alpha value is -3.07. The van der Waals surface area contributed by atoms with Gasteiger partial charge in [-0.15, -0.1) is 0 Å². The van der Waals surface area contributed by atoms with Crippen molar-refractivity contribution < 1.29 is 4.74 Å². The Balaban J connectivity index is 2.06. The van der Waals surface area contributed by atoms with Crippen LogP contribution in [0.5, 0.6) is 5.75 Å². The van der Waals surface area contributed by atoms with Crippen LogP contribution in [0.15, 0.2) is 73.1 Å². The van der Waals surface area contributed by atoms with E-state index in [0.717, 1.165) is 22.7 Å². The maximum Gasteiger partial charge on any atom is 0.141 e. The first-order valence-electron chi connectivity index (χ1n) is 7.53. The molecule has 23 heavy (non-hydrogen) atoms. The average Bonchev–Trinajstić information content (AvgIpc) is 3.15. The zero-order valence-electron chi connectivity index (χ0n) is 12.8.